The number of nitrogens with zero attached hydrogens (tertiary/aromatic N) is 4. The molecule has 0 unspecified atom stereocenters. The van der Waals surface area contributed by atoms with Gasteiger partial charge in [-0.3, -0.25) is 9.51 Å². The number of halogens is 4. The van der Waals surface area contributed by atoms with Gasteiger partial charge in [-0.2, -0.15) is 13.2 Å². The average Bonchev–Trinajstić information content (AvgIpc) is 3.47. The third-order valence-electron chi connectivity index (χ3n) is 6.21. The predicted molar refractivity (Wildman–Crippen MR) is 128 cm³/mol. The number of hydrogen-bond acceptors (Lipinski definition) is 7. The molecule has 1 saturated heterocycles. The Morgan fingerprint density at radius 2 is 1.92 bits per heavy atom. The first kappa shape index (κ1) is 24.4. The van der Waals surface area contributed by atoms with Gasteiger partial charge in [0, 0.05) is 19.6 Å². The number of rotatable bonds is 7. The summed E-state index contributed by atoms with van der Waals surface area (Å²) in [5, 5.41) is 4.10. The Bertz CT molecular complexity index is 1410. The van der Waals surface area contributed by atoms with E-state index in [0.29, 0.717) is 34.0 Å². The van der Waals surface area contributed by atoms with Gasteiger partial charge in [0.05, 0.1) is 21.3 Å². The van der Waals surface area contributed by atoms with Gasteiger partial charge in [-0.15, -0.1) is 0 Å². The molecule has 2 aromatic carbocycles. The average molecular weight is 522 g/mol. The fourth-order valence-electron chi connectivity index (χ4n) is 4.33. The number of anilines is 1. The molecule has 4 aromatic rings. The lowest BCUT2D eigenvalue weighted by Gasteiger charge is -2.30. The first-order valence-corrected chi connectivity index (χ1v) is 12.4. The van der Waals surface area contributed by atoms with Crippen molar-refractivity contribution in [1.82, 2.24) is 20.0 Å². The van der Waals surface area contributed by atoms with E-state index in [1.807, 2.05) is 4.90 Å². The van der Waals surface area contributed by atoms with Crippen molar-refractivity contribution < 1.29 is 22.1 Å². The van der Waals surface area contributed by atoms with E-state index < -0.39 is 23.3 Å². The second kappa shape index (κ2) is 10.0. The summed E-state index contributed by atoms with van der Waals surface area (Å²) in [5.74, 6) is -1.35. The van der Waals surface area contributed by atoms with Crippen molar-refractivity contribution in [2.75, 3.05) is 31.1 Å². The molecule has 12 heteroatoms. The highest BCUT2D eigenvalue weighted by atomic mass is 32.1. The Kier molecular flexibility index (Phi) is 6.80. The number of piperidine rings is 1. The van der Waals surface area contributed by atoms with Crippen molar-refractivity contribution in [3.05, 3.63) is 63.9 Å². The highest BCUT2D eigenvalue weighted by Crippen LogP contribution is 2.36. The van der Waals surface area contributed by atoms with E-state index >= 15 is 0 Å². The Morgan fingerprint density at radius 1 is 1.11 bits per heavy atom. The smallest absolute Gasteiger partial charge is 0.342 e. The molecule has 2 aromatic heterocycles. The van der Waals surface area contributed by atoms with Gasteiger partial charge in [0.1, 0.15) is 5.82 Å². The van der Waals surface area contributed by atoms with Crippen molar-refractivity contribution >= 4 is 26.7 Å². The topological polar surface area (TPSA) is 78.3 Å². The van der Waals surface area contributed by atoms with E-state index in [1.165, 1.54) is 36.0 Å². The van der Waals surface area contributed by atoms with Gasteiger partial charge in [0.25, 0.3) is 0 Å². The monoisotopic (exact) mass is 521 g/mol. The molecule has 3 heterocycles. The number of fused-ring (bicyclic) bond motifs is 1. The SMILES string of the molecule is O=c1[nH]c(-c2ccc(CN(CCN3CCCCC3)c3nc4ccc(C(F)(F)F)cc4s3)cc2F)no1. The maximum Gasteiger partial charge on any atom is 0.439 e. The van der Waals surface area contributed by atoms with Crippen LogP contribution in [0.4, 0.5) is 22.7 Å². The predicted octanol–water partition coefficient (Wildman–Crippen LogP) is 5.29. The molecule has 5 rings (SSSR count). The van der Waals surface area contributed by atoms with Crippen LogP contribution in [0, 0.1) is 5.82 Å². The molecular formula is C24H23F4N5O2S. The van der Waals surface area contributed by atoms with E-state index in [4.69, 9.17) is 0 Å². The summed E-state index contributed by atoms with van der Waals surface area (Å²) in [6, 6.07) is 8.11. The molecule has 1 aliphatic heterocycles. The van der Waals surface area contributed by atoms with Crippen LogP contribution in [-0.4, -0.2) is 46.2 Å². The molecule has 36 heavy (non-hydrogen) atoms. The minimum Gasteiger partial charge on any atom is -0.342 e. The number of alkyl halides is 3. The third kappa shape index (κ3) is 5.44. The van der Waals surface area contributed by atoms with Crippen LogP contribution in [0.3, 0.4) is 0 Å². The number of aromatic nitrogens is 3. The van der Waals surface area contributed by atoms with E-state index in [-0.39, 0.29) is 11.4 Å². The normalized spacial score (nSPS) is 15.0. The van der Waals surface area contributed by atoms with E-state index in [2.05, 4.69) is 24.5 Å². The van der Waals surface area contributed by atoms with Gasteiger partial charge in [-0.25, -0.2) is 14.2 Å². The summed E-state index contributed by atoms with van der Waals surface area (Å²) in [4.78, 5) is 22.5. The summed E-state index contributed by atoms with van der Waals surface area (Å²) in [6.07, 6.45) is -0.946. The Balaban J connectivity index is 1.42. The minimum atomic E-state index is -4.43. The molecule has 0 spiro atoms. The molecule has 0 bridgehead atoms. The van der Waals surface area contributed by atoms with E-state index in [9.17, 15) is 22.4 Å². The van der Waals surface area contributed by atoms with Crippen LogP contribution in [0.2, 0.25) is 0 Å². The van der Waals surface area contributed by atoms with Gasteiger partial charge < -0.3 is 9.80 Å². The van der Waals surface area contributed by atoms with Crippen molar-refractivity contribution in [2.24, 2.45) is 0 Å². The molecule has 1 N–H and O–H groups in total. The summed E-state index contributed by atoms with van der Waals surface area (Å²) in [7, 11) is 0. The number of H-pyrrole nitrogens is 1. The van der Waals surface area contributed by atoms with Crippen LogP contribution in [0.15, 0.2) is 45.7 Å². The number of benzene rings is 2. The molecule has 0 amide bonds. The van der Waals surface area contributed by atoms with Crippen LogP contribution in [0.5, 0.6) is 0 Å². The van der Waals surface area contributed by atoms with Gasteiger partial charge >= 0.3 is 11.9 Å². The largest absolute Gasteiger partial charge is 0.439 e. The number of aromatic amines is 1. The second-order valence-corrected chi connectivity index (χ2v) is 9.77. The van der Waals surface area contributed by atoms with E-state index in [0.717, 1.165) is 44.6 Å². The van der Waals surface area contributed by atoms with Gasteiger partial charge in [0.15, 0.2) is 11.0 Å². The van der Waals surface area contributed by atoms with Crippen LogP contribution in [0.25, 0.3) is 21.6 Å². The quantitative estimate of drug-likeness (QED) is 0.333. The zero-order valence-corrected chi connectivity index (χ0v) is 20.0. The Labute approximate surface area is 207 Å². The molecular weight excluding hydrogens is 498 g/mol. The van der Waals surface area contributed by atoms with Crippen LogP contribution in [-0.2, 0) is 12.7 Å². The van der Waals surface area contributed by atoms with Crippen LogP contribution >= 0.6 is 11.3 Å². The Morgan fingerprint density at radius 3 is 2.61 bits per heavy atom. The Hall–Kier alpha value is -3.25. The molecule has 0 atom stereocenters. The van der Waals surface area contributed by atoms with Crippen LogP contribution in [0.1, 0.15) is 30.4 Å². The summed E-state index contributed by atoms with van der Waals surface area (Å²) in [5.41, 5.74) is 0.524. The lowest BCUT2D eigenvalue weighted by molar-refractivity contribution is -0.137. The first-order valence-electron chi connectivity index (χ1n) is 11.6. The summed E-state index contributed by atoms with van der Waals surface area (Å²) < 4.78 is 59.3. The number of likely N-dealkylation sites (tertiary alicyclic amines) is 1. The van der Waals surface area contributed by atoms with Gasteiger partial charge in [0.2, 0.25) is 0 Å². The molecule has 0 aliphatic carbocycles. The summed E-state index contributed by atoms with van der Waals surface area (Å²) >= 11 is 1.19. The number of thiazole rings is 1. The molecule has 0 radical (unpaired) electrons. The fraction of sp³-hybridized carbons (Fsp3) is 0.375. The third-order valence-corrected chi connectivity index (χ3v) is 7.29. The van der Waals surface area contributed by atoms with Gasteiger partial charge in [-0.1, -0.05) is 29.0 Å². The molecule has 1 aliphatic rings. The fourth-order valence-corrected chi connectivity index (χ4v) is 5.36. The standard InChI is InChI=1S/C24H23F4N5O2S/c25-18-12-15(4-6-17(18)21-30-23(34)35-31-21)14-33(11-10-32-8-2-1-3-9-32)22-29-19-7-5-16(24(26,27)28)13-20(19)36-22/h4-7,12-13H,1-3,8-11,14H2,(H,30,31,34). The van der Waals surface area contributed by atoms with Gasteiger partial charge in [-0.05, 0) is 61.8 Å². The molecule has 1 fully saturated rings. The lowest BCUT2D eigenvalue weighted by Crippen LogP contribution is -2.37. The minimum absolute atomic E-state index is 0.00218. The first-order chi connectivity index (χ1) is 17.3. The number of nitrogens with one attached hydrogen (secondary N) is 1. The maximum absolute atomic E-state index is 14.8. The summed E-state index contributed by atoms with van der Waals surface area (Å²) in [6.45, 7) is 3.67. The highest BCUT2D eigenvalue weighted by molar-refractivity contribution is 7.22. The molecule has 0 saturated carbocycles. The molecule has 190 valence electrons. The van der Waals surface area contributed by atoms with E-state index in [1.54, 1.807) is 6.07 Å². The lowest BCUT2D eigenvalue weighted by atomic mass is 10.1. The number of hydrogen-bond donors (Lipinski definition) is 1. The maximum atomic E-state index is 14.8. The van der Waals surface area contributed by atoms with Crippen LogP contribution < -0.4 is 10.7 Å². The van der Waals surface area contributed by atoms with Crippen molar-refractivity contribution in [1.29, 1.82) is 0 Å². The van der Waals surface area contributed by atoms with Crippen molar-refractivity contribution in [3.63, 3.8) is 0 Å². The zero-order chi connectivity index (χ0) is 25.3. The highest BCUT2D eigenvalue weighted by Gasteiger charge is 2.31. The zero-order valence-electron chi connectivity index (χ0n) is 19.1. The van der Waals surface area contributed by atoms with Crippen molar-refractivity contribution in [3.8, 4) is 11.4 Å². The molecule has 7 nitrogen and oxygen atoms in total. The second-order valence-electron chi connectivity index (χ2n) is 8.76. The van der Waals surface area contributed by atoms with Crippen molar-refractivity contribution in [2.45, 2.75) is 32.0 Å².